The number of H-pyrrole nitrogens is 2. The summed E-state index contributed by atoms with van der Waals surface area (Å²) in [6, 6.07) is 0. The van der Waals surface area contributed by atoms with Crippen LogP contribution in [0.5, 0.6) is 5.88 Å². The van der Waals surface area contributed by atoms with E-state index in [1.807, 2.05) is 0 Å². The number of aromatic nitrogens is 2. The number of nitrogens with one attached hydrogen (secondary N) is 2. The zero-order valence-electron chi connectivity index (χ0n) is 8.51. The summed E-state index contributed by atoms with van der Waals surface area (Å²) in [6.07, 6.45) is 1.09. The molecule has 0 aliphatic carbocycles. The maximum Gasteiger partial charge on any atom is 0.437 e. The first-order valence-electron chi connectivity index (χ1n) is 4.40. The van der Waals surface area contributed by atoms with Crippen LogP contribution in [0.2, 0.25) is 0 Å². The maximum atomic E-state index is 11.5. The normalized spacial score (nSPS) is 17.1. The van der Waals surface area contributed by atoms with Gasteiger partial charge in [0.1, 0.15) is 0 Å². The van der Waals surface area contributed by atoms with Crippen molar-refractivity contribution in [2.45, 2.75) is 0 Å². The second-order valence-electron chi connectivity index (χ2n) is 3.16. The minimum absolute atomic E-state index is 0.0156. The van der Waals surface area contributed by atoms with E-state index >= 15 is 0 Å². The van der Waals surface area contributed by atoms with Crippen LogP contribution >= 0.6 is 12.2 Å². The Morgan fingerprint density at radius 2 is 2.18 bits per heavy atom. The van der Waals surface area contributed by atoms with Crippen LogP contribution in [0.25, 0.3) is 6.08 Å². The van der Waals surface area contributed by atoms with Crippen molar-refractivity contribution in [1.82, 2.24) is 9.97 Å². The highest BCUT2D eigenvalue weighted by molar-refractivity contribution is 7.71. The second-order valence-corrected chi connectivity index (χ2v) is 3.57. The molecule has 2 heterocycles. The molecular weight excluding hydrogens is 248 g/mol. The van der Waals surface area contributed by atoms with Crippen molar-refractivity contribution >= 4 is 24.3 Å². The smallest absolute Gasteiger partial charge is 0.437 e. The van der Waals surface area contributed by atoms with Crippen LogP contribution in [0, 0.1) is 4.77 Å². The van der Waals surface area contributed by atoms with E-state index in [0.717, 1.165) is 10.8 Å². The van der Waals surface area contributed by atoms with Gasteiger partial charge in [0.2, 0.25) is 5.28 Å². The SMILES string of the molecule is C[N+]1=NOC(=O)/C1=C/c1c([O-])[nH]c(=S)[nH]c1=O. The highest BCUT2D eigenvalue weighted by Crippen LogP contribution is 2.14. The van der Waals surface area contributed by atoms with Gasteiger partial charge in [-0.3, -0.25) is 14.6 Å². The number of carbonyl (C=O) groups is 1. The number of aromatic amines is 2. The zero-order valence-corrected chi connectivity index (χ0v) is 9.33. The molecule has 0 radical (unpaired) electrons. The molecule has 88 valence electrons. The Hall–Kier alpha value is -2.29. The lowest BCUT2D eigenvalue weighted by atomic mass is 10.2. The molecule has 8 nitrogen and oxygen atoms in total. The number of carbonyl (C=O) groups excluding carboxylic acids is 1. The van der Waals surface area contributed by atoms with E-state index in [9.17, 15) is 14.7 Å². The first kappa shape index (κ1) is 11.2. The van der Waals surface area contributed by atoms with E-state index in [2.05, 4.69) is 32.3 Å². The topological polar surface area (TPSA) is 113 Å². The molecule has 0 fully saturated rings. The highest BCUT2D eigenvalue weighted by atomic mass is 32.1. The van der Waals surface area contributed by atoms with Crippen molar-refractivity contribution < 1.29 is 19.4 Å². The molecule has 0 aromatic carbocycles. The Morgan fingerprint density at radius 1 is 1.47 bits per heavy atom. The summed E-state index contributed by atoms with van der Waals surface area (Å²) in [6.45, 7) is 0. The van der Waals surface area contributed by atoms with Crippen molar-refractivity contribution in [3.8, 4) is 5.88 Å². The summed E-state index contributed by atoms with van der Waals surface area (Å²) < 4.78 is 1.04. The zero-order chi connectivity index (χ0) is 12.6. The second kappa shape index (κ2) is 3.94. The van der Waals surface area contributed by atoms with Crippen molar-refractivity contribution in [2.24, 2.45) is 5.28 Å². The van der Waals surface area contributed by atoms with Crippen molar-refractivity contribution in [2.75, 3.05) is 7.05 Å². The Labute approximate surface area is 98.8 Å². The maximum absolute atomic E-state index is 11.5. The van der Waals surface area contributed by atoms with E-state index in [-0.39, 0.29) is 16.0 Å². The van der Waals surface area contributed by atoms with Crippen LogP contribution in [0.15, 0.2) is 15.8 Å². The summed E-state index contributed by atoms with van der Waals surface area (Å²) in [7, 11) is 1.45. The Morgan fingerprint density at radius 3 is 2.71 bits per heavy atom. The molecule has 0 saturated carbocycles. The lowest BCUT2D eigenvalue weighted by Crippen LogP contribution is -2.16. The monoisotopic (exact) mass is 254 g/mol. The predicted octanol–water partition coefficient (Wildman–Crippen LogP) is -0.587. The van der Waals surface area contributed by atoms with Crippen molar-refractivity contribution in [1.29, 1.82) is 0 Å². The molecule has 2 rings (SSSR count). The van der Waals surface area contributed by atoms with Crippen molar-refractivity contribution in [3.63, 3.8) is 0 Å². The summed E-state index contributed by atoms with van der Waals surface area (Å²) in [5.74, 6) is -1.42. The van der Waals surface area contributed by atoms with Crippen LogP contribution in [0.4, 0.5) is 0 Å². The summed E-state index contributed by atoms with van der Waals surface area (Å²) in [5, 5.41) is 14.8. The molecule has 1 aromatic rings. The third-order valence-corrected chi connectivity index (χ3v) is 2.23. The molecule has 2 N–H and O–H groups in total. The third-order valence-electron chi connectivity index (χ3n) is 2.03. The molecule has 17 heavy (non-hydrogen) atoms. The van der Waals surface area contributed by atoms with Gasteiger partial charge in [-0.2, -0.15) is 0 Å². The fraction of sp³-hybridized carbons (Fsp3) is 0.125. The molecule has 1 aromatic heterocycles. The van der Waals surface area contributed by atoms with Crippen LogP contribution < -0.4 is 10.7 Å². The van der Waals surface area contributed by atoms with Gasteiger partial charge in [0.25, 0.3) is 5.56 Å². The van der Waals surface area contributed by atoms with E-state index < -0.39 is 17.4 Å². The van der Waals surface area contributed by atoms with Crippen LogP contribution in [-0.4, -0.2) is 27.7 Å². The van der Waals surface area contributed by atoms with Gasteiger partial charge in [0, 0.05) is 6.08 Å². The third kappa shape index (κ3) is 1.99. The average Bonchev–Trinajstić information content (AvgIpc) is 2.53. The molecule has 1 aliphatic rings. The lowest BCUT2D eigenvalue weighted by molar-refractivity contribution is -0.517. The molecule has 0 spiro atoms. The van der Waals surface area contributed by atoms with Gasteiger partial charge >= 0.3 is 11.7 Å². The fourth-order valence-electron chi connectivity index (χ4n) is 1.22. The number of hydrogen-bond donors (Lipinski definition) is 2. The Bertz CT molecular complexity index is 669. The average molecular weight is 254 g/mol. The van der Waals surface area contributed by atoms with E-state index in [1.165, 1.54) is 7.05 Å². The van der Waals surface area contributed by atoms with Gasteiger partial charge in [-0.05, 0) is 22.8 Å². The number of likely N-dealkylation sites (N-methyl/N-ethyl adjacent to an activating group) is 1. The predicted molar refractivity (Wildman–Crippen MR) is 54.4 cm³/mol. The van der Waals surface area contributed by atoms with Gasteiger partial charge in [0.05, 0.1) is 5.56 Å². The summed E-state index contributed by atoms with van der Waals surface area (Å²) >= 11 is 4.62. The lowest BCUT2D eigenvalue weighted by Gasteiger charge is -2.07. The highest BCUT2D eigenvalue weighted by Gasteiger charge is 2.31. The Kier molecular flexibility index (Phi) is 2.60. The first-order valence-corrected chi connectivity index (χ1v) is 4.81. The van der Waals surface area contributed by atoms with E-state index in [0.29, 0.717) is 0 Å². The molecule has 0 saturated heterocycles. The van der Waals surface area contributed by atoms with Gasteiger partial charge < -0.3 is 10.1 Å². The molecule has 9 heteroatoms. The Balaban J connectivity index is 2.61. The molecule has 0 unspecified atom stereocenters. The standard InChI is InChI=1S/C8H6N4O4S/c1-12-4(7(15)16-11-12)2-3-5(13)9-8(17)10-6(3)14/h2H,1H3,(H2-,9,10,11,13,14,15,17). The summed E-state index contributed by atoms with van der Waals surface area (Å²) in [5.41, 5.74) is -0.938. The molecular formula is C8H6N4O4S. The first-order chi connectivity index (χ1) is 7.99. The van der Waals surface area contributed by atoms with Gasteiger partial charge in [-0.1, -0.05) is 0 Å². The van der Waals surface area contributed by atoms with Crippen LogP contribution in [0.1, 0.15) is 5.56 Å². The van der Waals surface area contributed by atoms with Gasteiger partial charge in [-0.15, -0.1) is 0 Å². The van der Waals surface area contributed by atoms with Gasteiger partial charge in [0.15, 0.2) is 11.8 Å². The number of nitrogens with zero attached hydrogens (tertiary/aromatic N) is 2. The van der Waals surface area contributed by atoms with Gasteiger partial charge in [-0.25, -0.2) is 4.79 Å². The number of rotatable bonds is 1. The van der Waals surface area contributed by atoms with E-state index in [4.69, 9.17) is 0 Å². The van der Waals surface area contributed by atoms with Crippen LogP contribution in [-0.2, 0) is 9.63 Å². The molecule has 1 aliphatic heterocycles. The van der Waals surface area contributed by atoms with Crippen LogP contribution in [0.3, 0.4) is 0 Å². The molecule has 0 amide bonds. The minimum Gasteiger partial charge on any atom is -0.860 e. The largest absolute Gasteiger partial charge is 0.860 e. The molecule has 0 atom stereocenters. The number of hydrogen-bond acceptors (Lipinski definition) is 6. The minimum atomic E-state index is -0.742. The molecule has 0 bridgehead atoms. The quantitative estimate of drug-likeness (QED) is 0.395. The summed E-state index contributed by atoms with van der Waals surface area (Å²) in [4.78, 5) is 31.5. The fourth-order valence-corrected chi connectivity index (χ4v) is 1.40. The van der Waals surface area contributed by atoms with Crippen molar-refractivity contribution in [3.05, 3.63) is 26.4 Å². The van der Waals surface area contributed by atoms with E-state index in [1.54, 1.807) is 0 Å².